The first-order chi connectivity index (χ1) is 48.7. The summed E-state index contributed by atoms with van der Waals surface area (Å²) in [5.41, 5.74) is 7.44. The Morgan fingerprint density at radius 2 is 1.58 bits per heavy atom. The molecule has 562 valence electrons. The predicted octanol–water partition coefficient (Wildman–Crippen LogP) is 9.98. The van der Waals surface area contributed by atoms with Gasteiger partial charge in [0.25, 0.3) is 11.7 Å². The number of cyclic esters (lactones) is 1. The van der Waals surface area contributed by atoms with Crippen LogP contribution in [-0.2, 0) is 52.5 Å². The topological polar surface area (TPSA) is 297 Å². The van der Waals surface area contributed by atoms with Crippen molar-refractivity contribution >= 4 is 70.4 Å². The van der Waals surface area contributed by atoms with Crippen molar-refractivity contribution in [2.24, 2.45) is 29.6 Å². The lowest BCUT2D eigenvalue weighted by atomic mass is 9.81. The van der Waals surface area contributed by atoms with E-state index < -0.39 is 90.0 Å². The number of fused-ring (bicyclic) bond motifs is 3. The van der Waals surface area contributed by atoms with Gasteiger partial charge in [0, 0.05) is 157 Å². The van der Waals surface area contributed by atoms with E-state index in [1.807, 2.05) is 97.2 Å². The van der Waals surface area contributed by atoms with Crippen LogP contribution in [0.4, 0.5) is 11.5 Å². The minimum absolute atomic E-state index is 0.0352. The summed E-state index contributed by atoms with van der Waals surface area (Å²) in [6.45, 7) is 21.4. The molecule has 0 radical (unpaired) electrons. The van der Waals surface area contributed by atoms with Gasteiger partial charge in [0.05, 0.1) is 30.5 Å². The fourth-order valence-electron chi connectivity index (χ4n) is 15.8. The van der Waals surface area contributed by atoms with E-state index in [9.17, 15) is 48.9 Å². The maximum atomic E-state index is 14.8. The number of anilines is 2. The highest BCUT2D eigenvalue weighted by Gasteiger charge is 2.57. The molecule has 22 nitrogen and oxygen atoms in total. The highest BCUT2D eigenvalue weighted by atomic mass is 32.2. The number of nitrogens with one attached hydrogen (secondary N) is 3. The summed E-state index contributed by atoms with van der Waals surface area (Å²) in [7, 11) is 4.61. The second-order valence-electron chi connectivity index (χ2n) is 29.9. The molecule has 23 heteroatoms. The highest BCUT2D eigenvalue weighted by Crippen LogP contribution is 2.41. The van der Waals surface area contributed by atoms with Crippen molar-refractivity contribution in [1.82, 2.24) is 20.1 Å². The van der Waals surface area contributed by atoms with Crippen molar-refractivity contribution < 1.29 is 72.6 Å². The Labute approximate surface area is 608 Å². The summed E-state index contributed by atoms with van der Waals surface area (Å²) in [5.74, 6) is -6.12. The molecule has 2 aromatic rings. The van der Waals surface area contributed by atoms with Crippen LogP contribution in [0.15, 0.2) is 76.6 Å². The number of amides is 2. The summed E-state index contributed by atoms with van der Waals surface area (Å²) in [6, 6.07) is 6.66. The molecule has 4 aliphatic heterocycles. The van der Waals surface area contributed by atoms with Gasteiger partial charge in [-0.2, -0.15) is 11.8 Å². The molecule has 2 aliphatic carbocycles. The number of ether oxygens (including phenoxy) is 5. The standard InChI is InChI=1S/C79H115N7O15S/c1-47(2)83-62-43-58(42-60(61(62)45-80)64(87)22-20-59-51(6)35-50(5)37-68(59)91)57-19-23-72(82-46-57)85-30-28-84(29-31-85)27-25-81-73(92)24-33-102-32-15-16-56-36-48(3)34-49(4)38-70(98-11)75-71(99-12)40-53(8)79(96,101-75)76(93)77(94)86-26-14-13-17-63(86)78(95)100-74(54(9)66(89)44-67(56)90)52(7)39-55-18-21-65(88)69(41-55)97-10/h19,23,35-36,39,42-43,45-47,49,53-56,63,65-66,69-71,74-75,80,83,88-89,96H,13-18,20-22,24-34,37-38,40-41,44H2,1-12H3,(H,81,92)/b48-36+,52-39+,80-45?/t49-,53+,54+,55-,56+,63-,65+,66-,69+,70-,71-,74+,75+,79+/m0/s1. The highest BCUT2D eigenvalue weighted by molar-refractivity contribution is 7.99. The number of thioether (sulfide) groups is 1. The van der Waals surface area contributed by atoms with Crippen molar-refractivity contribution in [3.63, 3.8) is 0 Å². The van der Waals surface area contributed by atoms with Crippen molar-refractivity contribution in [2.75, 3.05) is 88.9 Å². The van der Waals surface area contributed by atoms with Gasteiger partial charge in [-0.25, -0.2) is 9.78 Å². The van der Waals surface area contributed by atoms with Crippen LogP contribution in [0.25, 0.3) is 11.1 Å². The lowest BCUT2D eigenvalue weighted by molar-refractivity contribution is -0.302. The number of nitrogens with zero attached hydrogens (tertiary/aromatic N) is 4. The fraction of sp³-hybridized carbons (Fsp3) is 0.658. The molecule has 2 bridgehead atoms. The van der Waals surface area contributed by atoms with Gasteiger partial charge in [0.15, 0.2) is 11.6 Å². The SMILES string of the molecule is CO[C@H]1C[C@@H](C)C/C(C)=C/[C@@H](CCCSCCC(=O)NCCN2CCN(c3ccc(-c4cc(NC(C)C)c(C=N)c(C(=O)CCC5=C(C)C=C(C)CC5=O)c4)cn3)CC2)C(=O)C[C@H](O)[C@@H](C)[C@@H](/C(C)=C/[C@@H]2CC[C@@H](O)[C@H](OC)C2)OC(=O)[C@@H]2CCCCN2C(=O)C(=O)[C@]2(O)O[C@H]1[C@@H](OC)C[C@H]2C. The molecule has 8 rings (SSSR count). The number of hydrogen-bond acceptors (Lipinski definition) is 21. The minimum Gasteiger partial charge on any atom is -0.456 e. The lowest BCUT2D eigenvalue weighted by Crippen LogP contribution is -2.64. The number of aromatic nitrogens is 1. The summed E-state index contributed by atoms with van der Waals surface area (Å²) in [5, 5.41) is 50.0. The first-order valence-corrected chi connectivity index (χ1v) is 38.3. The smallest absolute Gasteiger partial charge is 0.329 e. The largest absolute Gasteiger partial charge is 0.456 e. The zero-order chi connectivity index (χ0) is 74.1. The van der Waals surface area contributed by atoms with E-state index in [0.717, 1.165) is 59.8 Å². The number of pyridine rings is 1. The minimum atomic E-state index is -2.56. The van der Waals surface area contributed by atoms with Crippen molar-refractivity contribution in [3.05, 3.63) is 87.7 Å². The Balaban J connectivity index is 0.865. The number of benzene rings is 1. The number of ketones is 4. The van der Waals surface area contributed by atoms with E-state index in [-0.39, 0.29) is 73.4 Å². The molecule has 0 unspecified atom stereocenters. The normalized spacial score (nSPS) is 30.1. The van der Waals surface area contributed by atoms with Gasteiger partial charge in [0.2, 0.25) is 11.7 Å². The van der Waals surface area contributed by atoms with Gasteiger partial charge in [-0.05, 0) is 183 Å². The van der Waals surface area contributed by atoms with Crippen LogP contribution < -0.4 is 15.5 Å². The number of allylic oxidation sites excluding steroid dienone is 7. The maximum absolute atomic E-state index is 14.8. The van der Waals surface area contributed by atoms with Crippen molar-refractivity contribution in [1.29, 1.82) is 5.41 Å². The molecule has 14 atom stereocenters. The summed E-state index contributed by atoms with van der Waals surface area (Å²) >= 11 is 1.65. The number of aliphatic hydroxyl groups excluding tert-OH is 2. The molecular formula is C79H115N7O15S. The molecule has 1 aromatic heterocycles. The van der Waals surface area contributed by atoms with Gasteiger partial charge in [-0.1, -0.05) is 50.1 Å². The third-order valence-electron chi connectivity index (χ3n) is 21.6. The van der Waals surface area contributed by atoms with Gasteiger partial charge >= 0.3 is 5.97 Å². The number of esters is 1. The number of Topliss-reactive ketones (excluding diaryl/α,β-unsaturated/α-hetero) is 4. The van der Waals surface area contributed by atoms with Crippen LogP contribution in [0.2, 0.25) is 0 Å². The number of methoxy groups -OCH3 is 3. The van der Waals surface area contributed by atoms with E-state index in [2.05, 4.69) is 20.4 Å². The lowest BCUT2D eigenvalue weighted by Gasteiger charge is -2.47. The van der Waals surface area contributed by atoms with Crippen LogP contribution >= 0.6 is 11.8 Å². The van der Waals surface area contributed by atoms with Crippen LogP contribution in [-0.4, -0.2) is 216 Å². The second-order valence-corrected chi connectivity index (χ2v) is 31.2. The summed E-state index contributed by atoms with van der Waals surface area (Å²) in [4.78, 5) is 109. The van der Waals surface area contributed by atoms with Gasteiger partial charge in [0.1, 0.15) is 29.9 Å². The number of carbonyl (C=O) groups is 7. The molecule has 2 amide bonds. The molecular weight excluding hydrogens is 1320 g/mol. The zero-order valence-electron chi connectivity index (χ0n) is 62.4. The molecule has 6 N–H and O–H groups in total. The Morgan fingerprint density at radius 1 is 0.853 bits per heavy atom. The van der Waals surface area contributed by atoms with Crippen LogP contribution in [0.1, 0.15) is 181 Å². The monoisotopic (exact) mass is 1430 g/mol. The Bertz CT molecular complexity index is 3400. The Hall–Kier alpha value is -6.28. The summed E-state index contributed by atoms with van der Waals surface area (Å²) in [6.07, 6.45) is 9.59. The molecule has 102 heavy (non-hydrogen) atoms. The van der Waals surface area contributed by atoms with E-state index in [1.54, 1.807) is 32.7 Å². The van der Waals surface area contributed by atoms with E-state index >= 15 is 0 Å². The average Bonchev–Trinajstić information content (AvgIpc) is 0.788. The fourth-order valence-corrected chi connectivity index (χ4v) is 16.7. The van der Waals surface area contributed by atoms with E-state index in [1.165, 1.54) is 25.3 Å². The number of piperidine rings is 1. The average molecular weight is 1430 g/mol. The van der Waals surface area contributed by atoms with Crippen LogP contribution in [0.5, 0.6) is 0 Å². The molecule has 1 aromatic carbocycles. The summed E-state index contributed by atoms with van der Waals surface area (Å²) < 4.78 is 30.3. The maximum Gasteiger partial charge on any atom is 0.329 e. The molecule has 4 fully saturated rings. The first kappa shape index (κ1) is 81.4. The number of hydrogen-bond donors (Lipinski definition) is 6. The number of carbonyl (C=O) groups excluding carboxylic acids is 7. The second kappa shape index (κ2) is 38.1. The predicted molar refractivity (Wildman–Crippen MR) is 397 cm³/mol. The van der Waals surface area contributed by atoms with Crippen LogP contribution in [0.3, 0.4) is 0 Å². The first-order valence-electron chi connectivity index (χ1n) is 37.1. The van der Waals surface area contributed by atoms with Crippen molar-refractivity contribution in [2.45, 2.75) is 226 Å². The molecule has 5 heterocycles. The number of piperazine rings is 1. The van der Waals surface area contributed by atoms with E-state index in [4.69, 9.17) is 34.1 Å². The Morgan fingerprint density at radius 3 is 2.25 bits per heavy atom. The van der Waals surface area contributed by atoms with Gasteiger partial charge in [-0.3, -0.25) is 33.7 Å². The molecule has 1 saturated carbocycles. The quantitative estimate of drug-likeness (QED) is 0.0142. The molecule has 0 spiro atoms. The van der Waals surface area contributed by atoms with Gasteiger partial charge < -0.3 is 64.8 Å². The van der Waals surface area contributed by atoms with Crippen LogP contribution in [0, 0.1) is 35.0 Å². The van der Waals surface area contributed by atoms with Crippen molar-refractivity contribution in [3.8, 4) is 11.1 Å². The third kappa shape index (κ3) is 21.2. The number of aliphatic hydroxyl groups is 3. The molecule has 6 aliphatic rings. The van der Waals surface area contributed by atoms with E-state index in [0.29, 0.717) is 130 Å². The van der Waals surface area contributed by atoms with Gasteiger partial charge in [-0.15, -0.1) is 0 Å². The zero-order valence-corrected chi connectivity index (χ0v) is 63.2. The Kier molecular flexibility index (Phi) is 30.4. The number of rotatable bonds is 24. The third-order valence-corrected chi connectivity index (χ3v) is 22.7. The molecule has 3 saturated heterocycles.